The van der Waals surface area contributed by atoms with E-state index in [1.807, 2.05) is 0 Å². The number of fused-ring (bicyclic) bond motifs is 1. The highest BCUT2D eigenvalue weighted by Gasteiger charge is 2.50. The molecule has 0 aliphatic carbocycles. The second kappa shape index (κ2) is 9.85. The Hall–Kier alpha value is -2.13. The Bertz CT molecular complexity index is 1060. The van der Waals surface area contributed by atoms with Gasteiger partial charge in [-0.2, -0.15) is 0 Å². The number of aryl methyl sites for hydroxylation is 1. The number of aliphatic hydroxyl groups is 6. The van der Waals surface area contributed by atoms with E-state index in [0.29, 0.717) is 10.9 Å². The molecule has 2 aliphatic heterocycles. The average molecular weight is 484 g/mol. The molecule has 0 spiro atoms. The molecule has 1 aromatic carbocycles. The van der Waals surface area contributed by atoms with Gasteiger partial charge in [0.05, 0.1) is 12.7 Å². The summed E-state index contributed by atoms with van der Waals surface area (Å²) in [5.74, 6) is 0.161. The minimum absolute atomic E-state index is 0.161. The lowest BCUT2D eigenvalue weighted by atomic mass is 9.97. The fourth-order valence-corrected chi connectivity index (χ4v) is 4.09. The molecule has 2 aliphatic rings. The summed E-state index contributed by atoms with van der Waals surface area (Å²) in [6.45, 7) is 2.57. The molecular weight excluding hydrogens is 456 g/mol. The first-order chi connectivity index (χ1) is 16.1. The predicted molar refractivity (Wildman–Crippen MR) is 113 cm³/mol. The molecule has 6 N–H and O–H groups in total. The molecule has 2 fully saturated rings. The largest absolute Gasteiger partial charge is 0.462 e. The Morgan fingerprint density at radius 1 is 0.912 bits per heavy atom. The van der Waals surface area contributed by atoms with Gasteiger partial charge in [0, 0.05) is 17.5 Å². The van der Waals surface area contributed by atoms with Gasteiger partial charge in [-0.05, 0) is 31.5 Å². The smallest absolute Gasteiger partial charge is 0.336 e. The van der Waals surface area contributed by atoms with Crippen LogP contribution in [-0.2, 0) is 14.2 Å². The second-order valence-corrected chi connectivity index (χ2v) is 8.51. The molecule has 0 amide bonds. The van der Waals surface area contributed by atoms with Gasteiger partial charge in [0.1, 0.15) is 48.0 Å². The van der Waals surface area contributed by atoms with Crippen molar-refractivity contribution in [2.45, 2.75) is 75.3 Å². The summed E-state index contributed by atoms with van der Waals surface area (Å²) < 4.78 is 27.7. The third kappa shape index (κ3) is 4.69. The molecule has 0 radical (unpaired) electrons. The molecule has 188 valence electrons. The van der Waals surface area contributed by atoms with E-state index in [1.54, 1.807) is 19.1 Å². The summed E-state index contributed by atoms with van der Waals surface area (Å²) in [7, 11) is 0. The minimum Gasteiger partial charge on any atom is -0.462 e. The number of benzene rings is 1. The van der Waals surface area contributed by atoms with Crippen molar-refractivity contribution in [2.24, 2.45) is 0 Å². The van der Waals surface area contributed by atoms with Crippen molar-refractivity contribution < 1.29 is 54.0 Å². The number of rotatable bonds is 5. The Kier molecular flexibility index (Phi) is 7.24. The summed E-state index contributed by atoms with van der Waals surface area (Å²) in [6.07, 6.45) is -14.3. The standard InChI is InChI=1S/C22H28O12/c1-8-5-14(24)32-12-6-10(3-4-11(8)12)31-22-20(18(28)16(26)13(7-23)33-22)34-21-19(29)17(27)15(25)9(2)30-21/h3-6,9,13,15-23,25-29H,7H2,1-2H3/t9?,13?,15-,16+,17+,18+,19?,20?,21+,22-/m1/s1. The highest BCUT2D eigenvalue weighted by molar-refractivity contribution is 5.81. The fourth-order valence-electron chi connectivity index (χ4n) is 4.09. The van der Waals surface area contributed by atoms with E-state index in [0.717, 1.165) is 0 Å². The van der Waals surface area contributed by atoms with E-state index in [9.17, 15) is 35.4 Å². The number of ether oxygens (including phenoxy) is 4. The first kappa shape index (κ1) is 25.0. The van der Waals surface area contributed by atoms with Crippen LogP contribution in [-0.4, -0.2) is 98.7 Å². The first-order valence-corrected chi connectivity index (χ1v) is 10.8. The predicted octanol–water partition coefficient (Wildman–Crippen LogP) is -1.87. The Labute approximate surface area is 193 Å². The Morgan fingerprint density at radius 2 is 1.65 bits per heavy atom. The van der Waals surface area contributed by atoms with Gasteiger partial charge in [0.25, 0.3) is 0 Å². The molecular formula is C22H28O12. The monoisotopic (exact) mass is 484 g/mol. The topological polar surface area (TPSA) is 189 Å². The second-order valence-electron chi connectivity index (χ2n) is 8.51. The van der Waals surface area contributed by atoms with Crippen molar-refractivity contribution >= 4 is 11.0 Å². The van der Waals surface area contributed by atoms with Gasteiger partial charge in [-0.25, -0.2) is 4.79 Å². The fraction of sp³-hybridized carbons (Fsp3) is 0.591. The lowest BCUT2D eigenvalue weighted by Crippen LogP contribution is -2.64. The summed E-state index contributed by atoms with van der Waals surface area (Å²) in [6, 6.07) is 6.01. The third-order valence-electron chi connectivity index (χ3n) is 6.10. The lowest BCUT2D eigenvalue weighted by Gasteiger charge is -2.45. The molecule has 10 atom stereocenters. The van der Waals surface area contributed by atoms with Crippen molar-refractivity contribution in [3.63, 3.8) is 0 Å². The van der Waals surface area contributed by atoms with Crippen LogP contribution >= 0.6 is 0 Å². The maximum atomic E-state index is 11.7. The summed E-state index contributed by atoms with van der Waals surface area (Å²) in [5.41, 5.74) is 0.395. The van der Waals surface area contributed by atoms with Crippen molar-refractivity contribution in [1.29, 1.82) is 0 Å². The lowest BCUT2D eigenvalue weighted by molar-refractivity contribution is -0.354. The van der Waals surface area contributed by atoms with Crippen LogP contribution in [0, 0.1) is 6.92 Å². The number of hydrogen-bond acceptors (Lipinski definition) is 12. The van der Waals surface area contributed by atoms with E-state index >= 15 is 0 Å². The van der Waals surface area contributed by atoms with Gasteiger partial charge in [0.15, 0.2) is 12.4 Å². The molecule has 12 heteroatoms. The van der Waals surface area contributed by atoms with Crippen LogP contribution in [0.3, 0.4) is 0 Å². The summed E-state index contributed by atoms with van der Waals surface area (Å²) in [5, 5.41) is 61.4. The van der Waals surface area contributed by atoms with Gasteiger partial charge in [0.2, 0.25) is 6.29 Å². The minimum atomic E-state index is -1.68. The molecule has 0 saturated carbocycles. The number of aliphatic hydroxyl groups excluding tert-OH is 6. The highest BCUT2D eigenvalue weighted by Crippen LogP contribution is 2.31. The molecule has 34 heavy (non-hydrogen) atoms. The quantitative estimate of drug-likeness (QED) is 0.260. The molecule has 1 aromatic heterocycles. The van der Waals surface area contributed by atoms with Crippen LogP contribution in [0.15, 0.2) is 33.5 Å². The van der Waals surface area contributed by atoms with Gasteiger partial charge in [-0.1, -0.05) is 0 Å². The van der Waals surface area contributed by atoms with E-state index in [-0.39, 0.29) is 11.3 Å². The molecule has 4 unspecified atom stereocenters. The van der Waals surface area contributed by atoms with E-state index in [2.05, 4.69) is 0 Å². The molecule has 0 bridgehead atoms. The SMILES string of the molecule is Cc1cc(=O)oc2cc(O[C@@H]3OC(CO)[C@H](O)[C@H](O)C3O[C@@H]3OC(C)[C@@H](O)[C@H](O)C3O)ccc12. The molecule has 2 saturated heterocycles. The zero-order chi connectivity index (χ0) is 24.7. The summed E-state index contributed by atoms with van der Waals surface area (Å²) >= 11 is 0. The van der Waals surface area contributed by atoms with Crippen LogP contribution in [0.5, 0.6) is 5.75 Å². The number of hydrogen-bond donors (Lipinski definition) is 6. The van der Waals surface area contributed by atoms with Crippen molar-refractivity contribution in [3.8, 4) is 5.75 Å². The van der Waals surface area contributed by atoms with E-state index in [4.69, 9.17) is 23.4 Å². The van der Waals surface area contributed by atoms with E-state index < -0.39 is 73.6 Å². The van der Waals surface area contributed by atoms with Crippen LogP contribution in [0.25, 0.3) is 11.0 Å². The molecule has 4 rings (SSSR count). The average Bonchev–Trinajstić information content (AvgIpc) is 2.80. The van der Waals surface area contributed by atoms with E-state index in [1.165, 1.54) is 19.1 Å². The van der Waals surface area contributed by atoms with Gasteiger partial charge in [-0.3, -0.25) is 0 Å². The van der Waals surface area contributed by atoms with Crippen molar-refractivity contribution in [3.05, 3.63) is 40.2 Å². The zero-order valence-electron chi connectivity index (χ0n) is 18.4. The molecule has 12 nitrogen and oxygen atoms in total. The van der Waals surface area contributed by atoms with Crippen molar-refractivity contribution in [2.75, 3.05) is 6.61 Å². The highest BCUT2D eigenvalue weighted by atomic mass is 16.8. The van der Waals surface area contributed by atoms with Gasteiger partial charge in [-0.15, -0.1) is 0 Å². The Balaban J connectivity index is 1.61. The van der Waals surface area contributed by atoms with Crippen LogP contribution < -0.4 is 10.4 Å². The third-order valence-corrected chi connectivity index (χ3v) is 6.10. The van der Waals surface area contributed by atoms with Crippen molar-refractivity contribution in [1.82, 2.24) is 0 Å². The summed E-state index contributed by atoms with van der Waals surface area (Å²) in [4.78, 5) is 11.7. The van der Waals surface area contributed by atoms with Crippen LogP contribution in [0.4, 0.5) is 0 Å². The van der Waals surface area contributed by atoms with Crippen LogP contribution in [0.1, 0.15) is 12.5 Å². The van der Waals surface area contributed by atoms with Crippen LogP contribution in [0.2, 0.25) is 0 Å². The molecule has 2 aromatic rings. The zero-order valence-corrected chi connectivity index (χ0v) is 18.4. The molecule has 3 heterocycles. The van der Waals surface area contributed by atoms with Gasteiger partial charge >= 0.3 is 5.63 Å². The Morgan fingerprint density at radius 3 is 2.35 bits per heavy atom. The first-order valence-electron chi connectivity index (χ1n) is 10.8. The van der Waals surface area contributed by atoms with Gasteiger partial charge < -0.3 is 54.0 Å². The normalized spacial score (nSPS) is 38.7. The maximum Gasteiger partial charge on any atom is 0.336 e. The maximum absolute atomic E-state index is 11.7.